The first-order chi connectivity index (χ1) is 8.52. The van der Waals surface area contributed by atoms with Gasteiger partial charge in [-0.3, -0.25) is 0 Å². The van der Waals surface area contributed by atoms with Crippen molar-refractivity contribution in [3.05, 3.63) is 23.4 Å². The Bertz CT molecular complexity index is 456. The fourth-order valence-electron chi connectivity index (χ4n) is 2.81. The number of aryl methyl sites for hydroxylation is 1. The van der Waals surface area contributed by atoms with Crippen molar-refractivity contribution in [1.29, 1.82) is 0 Å². The lowest BCUT2D eigenvalue weighted by Crippen LogP contribution is -2.35. The van der Waals surface area contributed by atoms with Crippen LogP contribution >= 0.6 is 12.2 Å². The van der Waals surface area contributed by atoms with E-state index < -0.39 is 0 Å². The maximum atomic E-state index is 5.87. The number of nitrogens with two attached hydrogens (primary N) is 1. The van der Waals surface area contributed by atoms with E-state index in [-0.39, 0.29) is 0 Å². The highest BCUT2D eigenvalue weighted by Crippen LogP contribution is 2.31. The van der Waals surface area contributed by atoms with Gasteiger partial charge in [0.05, 0.1) is 5.56 Å². The molecule has 0 amide bonds. The molecule has 18 heavy (non-hydrogen) atoms. The predicted octanol–water partition coefficient (Wildman–Crippen LogP) is 2.65. The maximum absolute atomic E-state index is 5.87. The molecule has 2 rings (SSSR count). The molecule has 1 saturated heterocycles. The highest BCUT2D eigenvalue weighted by Gasteiger charge is 2.30. The van der Waals surface area contributed by atoms with Crippen LogP contribution in [0.3, 0.4) is 0 Å². The number of nitrogens with zero attached hydrogens (tertiary/aromatic N) is 2. The molecule has 0 aliphatic carbocycles. The molecule has 1 aliphatic rings. The second-order valence-corrected chi connectivity index (χ2v) is 5.78. The van der Waals surface area contributed by atoms with Gasteiger partial charge in [-0.25, -0.2) is 4.98 Å². The highest BCUT2D eigenvalue weighted by molar-refractivity contribution is 7.80. The third kappa shape index (κ3) is 2.34. The first-order valence-electron chi connectivity index (χ1n) is 6.54. The standard InChI is InChI=1S/C14H21N3S/c1-9(2)11-5-4-8-17(11)14-12(13(15)18)10(3)6-7-16-14/h6-7,9,11H,4-5,8H2,1-3H3,(H2,15,18). The minimum atomic E-state index is 0.449. The normalized spacial score (nSPS) is 19.6. The van der Waals surface area contributed by atoms with E-state index >= 15 is 0 Å². The lowest BCUT2D eigenvalue weighted by molar-refractivity contribution is 0.489. The van der Waals surface area contributed by atoms with Crippen LogP contribution in [0.5, 0.6) is 0 Å². The summed E-state index contributed by atoms with van der Waals surface area (Å²) in [7, 11) is 0. The molecule has 0 radical (unpaired) electrons. The van der Waals surface area contributed by atoms with E-state index in [4.69, 9.17) is 18.0 Å². The van der Waals surface area contributed by atoms with Gasteiger partial charge in [0.25, 0.3) is 0 Å². The third-order valence-corrected chi connectivity index (χ3v) is 3.93. The Hall–Kier alpha value is -1.16. The van der Waals surface area contributed by atoms with Gasteiger partial charge in [-0.1, -0.05) is 26.1 Å². The van der Waals surface area contributed by atoms with E-state index in [0.29, 0.717) is 16.9 Å². The second-order valence-electron chi connectivity index (χ2n) is 5.34. The van der Waals surface area contributed by atoms with E-state index in [1.165, 1.54) is 12.8 Å². The molecule has 1 aliphatic heterocycles. The third-order valence-electron chi connectivity index (χ3n) is 3.73. The van der Waals surface area contributed by atoms with Gasteiger partial charge in [0.1, 0.15) is 10.8 Å². The first-order valence-corrected chi connectivity index (χ1v) is 6.95. The number of rotatable bonds is 3. The lowest BCUT2D eigenvalue weighted by Gasteiger charge is -2.30. The molecule has 1 aromatic heterocycles. The summed E-state index contributed by atoms with van der Waals surface area (Å²) in [5.41, 5.74) is 7.93. The lowest BCUT2D eigenvalue weighted by atomic mass is 10.0. The van der Waals surface area contributed by atoms with Gasteiger partial charge >= 0.3 is 0 Å². The van der Waals surface area contributed by atoms with Gasteiger partial charge in [-0.2, -0.15) is 0 Å². The van der Waals surface area contributed by atoms with E-state index in [2.05, 4.69) is 23.7 Å². The number of pyridine rings is 1. The molecule has 2 heterocycles. The van der Waals surface area contributed by atoms with E-state index in [1.54, 1.807) is 0 Å². The predicted molar refractivity (Wildman–Crippen MR) is 80.1 cm³/mol. The number of thiocarbonyl (C=S) groups is 1. The summed E-state index contributed by atoms with van der Waals surface area (Å²) in [6.07, 6.45) is 4.29. The van der Waals surface area contributed by atoms with Gasteiger partial charge in [0.2, 0.25) is 0 Å². The topological polar surface area (TPSA) is 42.2 Å². The summed E-state index contributed by atoms with van der Waals surface area (Å²) in [6.45, 7) is 7.62. The van der Waals surface area contributed by atoms with Crippen molar-refractivity contribution in [1.82, 2.24) is 4.98 Å². The summed E-state index contributed by atoms with van der Waals surface area (Å²) < 4.78 is 0. The minimum absolute atomic E-state index is 0.449. The molecule has 3 nitrogen and oxygen atoms in total. The Labute approximate surface area is 114 Å². The quantitative estimate of drug-likeness (QED) is 0.851. The smallest absolute Gasteiger partial charge is 0.139 e. The van der Waals surface area contributed by atoms with Gasteiger partial charge in [0.15, 0.2) is 0 Å². The maximum Gasteiger partial charge on any atom is 0.139 e. The highest BCUT2D eigenvalue weighted by atomic mass is 32.1. The van der Waals surface area contributed by atoms with Crippen LogP contribution in [-0.2, 0) is 0 Å². The summed E-state index contributed by atoms with van der Waals surface area (Å²) in [4.78, 5) is 7.36. The van der Waals surface area contributed by atoms with Crippen LogP contribution in [0.1, 0.15) is 37.8 Å². The van der Waals surface area contributed by atoms with Crippen molar-refractivity contribution < 1.29 is 0 Å². The molecule has 0 saturated carbocycles. The molecular formula is C14H21N3S. The Morgan fingerprint density at radius 3 is 2.89 bits per heavy atom. The van der Waals surface area contributed by atoms with Crippen LogP contribution in [0.25, 0.3) is 0 Å². The molecule has 0 bridgehead atoms. The second kappa shape index (κ2) is 5.22. The average molecular weight is 263 g/mol. The van der Waals surface area contributed by atoms with Crippen LogP contribution in [0, 0.1) is 12.8 Å². The van der Waals surface area contributed by atoms with Crippen LogP contribution < -0.4 is 10.6 Å². The zero-order chi connectivity index (χ0) is 13.3. The molecule has 0 spiro atoms. The van der Waals surface area contributed by atoms with Crippen molar-refractivity contribution in [3.63, 3.8) is 0 Å². The Balaban J connectivity index is 2.44. The monoisotopic (exact) mass is 263 g/mol. The molecule has 1 unspecified atom stereocenters. The zero-order valence-corrected chi connectivity index (χ0v) is 12.1. The fourth-order valence-corrected chi connectivity index (χ4v) is 3.07. The molecular weight excluding hydrogens is 242 g/mol. The molecule has 0 aromatic carbocycles. The number of hydrogen-bond donors (Lipinski definition) is 1. The molecule has 1 fully saturated rings. The van der Waals surface area contributed by atoms with Crippen molar-refractivity contribution in [2.24, 2.45) is 11.7 Å². The van der Waals surface area contributed by atoms with Crippen LogP contribution in [0.2, 0.25) is 0 Å². The average Bonchev–Trinajstić information content (AvgIpc) is 2.76. The fraction of sp³-hybridized carbons (Fsp3) is 0.571. The van der Waals surface area contributed by atoms with Crippen LogP contribution in [0.4, 0.5) is 5.82 Å². The van der Waals surface area contributed by atoms with Crippen molar-refractivity contribution in [3.8, 4) is 0 Å². The summed E-state index contributed by atoms with van der Waals surface area (Å²) in [5, 5.41) is 0. The van der Waals surface area contributed by atoms with Gasteiger partial charge in [0, 0.05) is 18.8 Å². The van der Waals surface area contributed by atoms with Gasteiger partial charge in [-0.05, 0) is 37.3 Å². The van der Waals surface area contributed by atoms with E-state index in [1.807, 2.05) is 19.2 Å². The van der Waals surface area contributed by atoms with Crippen molar-refractivity contribution in [2.75, 3.05) is 11.4 Å². The Kier molecular flexibility index (Phi) is 3.85. The largest absolute Gasteiger partial charge is 0.389 e. The van der Waals surface area contributed by atoms with E-state index in [9.17, 15) is 0 Å². The van der Waals surface area contributed by atoms with Crippen LogP contribution in [0.15, 0.2) is 12.3 Å². The number of hydrogen-bond acceptors (Lipinski definition) is 3. The van der Waals surface area contributed by atoms with Crippen molar-refractivity contribution in [2.45, 2.75) is 39.7 Å². The SMILES string of the molecule is Cc1ccnc(N2CCCC2C(C)C)c1C(N)=S. The molecule has 1 atom stereocenters. The number of aromatic nitrogens is 1. The van der Waals surface area contributed by atoms with Crippen LogP contribution in [-0.4, -0.2) is 22.6 Å². The van der Waals surface area contributed by atoms with Gasteiger partial charge in [-0.15, -0.1) is 0 Å². The summed E-state index contributed by atoms with van der Waals surface area (Å²) >= 11 is 5.19. The Morgan fingerprint density at radius 2 is 2.28 bits per heavy atom. The first kappa shape index (κ1) is 13.3. The summed E-state index contributed by atoms with van der Waals surface area (Å²) in [5.74, 6) is 1.59. The van der Waals surface area contributed by atoms with Gasteiger partial charge < -0.3 is 10.6 Å². The Morgan fingerprint density at radius 1 is 1.56 bits per heavy atom. The molecule has 2 N–H and O–H groups in total. The number of anilines is 1. The molecule has 4 heteroatoms. The minimum Gasteiger partial charge on any atom is -0.389 e. The molecule has 1 aromatic rings. The van der Waals surface area contributed by atoms with Crippen molar-refractivity contribution >= 4 is 23.0 Å². The molecule has 98 valence electrons. The zero-order valence-electron chi connectivity index (χ0n) is 11.3. The summed E-state index contributed by atoms with van der Waals surface area (Å²) in [6, 6.07) is 2.52. The van der Waals surface area contributed by atoms with E-state index in [0.717, 1.165) is 23.5 Å².